The van der Waals surface area contributed by atoms with Crippen molar-refractivity contribution in [2.45, 2.75) is 0 Å². The molecule has 1 aliphatic carbocycles. The van der Waals surface area contributed by atoms with Crippen LogP contribution in [0.25, 0.3) is 88.7 Å². The van der Waals surface area contributed by atoms with Crippen LogP contribution in [0.1, 0.15) is 0 Å². The number of rotatable bonds is 5. The van der Waals surface area contributed by atoms with Gasteiger partial charge in [-0.1, -0.05) is 176 Å². The fraction of sp³-hybridized carbons (Fsp3) is 0. The van der Waals surface area contributed by atoms with E-state index in [-0.39, 0.29) is 0 Å². The van der Waals surface area contributed by atoms with Gasteiger partial charge in [0.25, 0.3) is 0 Å². The standard InChI is InChI=1S/C46H30/c1-2-14-31(15-3-1)34-18-4-6-20-37(34)39-22-8-9-23-40(39)38-21-7-5-19-35(38)32-16-12-17-33(30-32)36-28-29-45-42-25-11-10-24-41(42)44-27-13-26-43(36)46(44)45/h1-30H. The average Bonchev–Trinajstić information content (AvgIpc) is 3.47. The molecule has 0 N–H and O–H groups in total. The fourth-order valence-corrected chi connectivity index (χ4v) is 7.42. The summed E-state index contributed by atoms with van der Waals surface area (Å²) >= 11 is 0. The van der Waals surface area contributed by atoms with Crippen molar-refractivity contribution in [3.63, 3.8) is 0 Å². The molecule has 0 spiro atoms. The van der Waals surface area contributed by atoms with Crippen LogP contribution in [0.2, 0.25) is 0 Å². The fourth-order valence-electron chi connectivity index (χ4n) is 7.42. The van der Waals surface area contributed by atoms with Crippen LogP contribution in [0.5, 0.6) is 0 Å². The SMILES string of the molecule is c1ccc(-c2ccccc2-c2ccccc2-c2ccccc2-c2cccc(-c3ccc4c5c(cccc35)-c3ccccc3-4)c2)cc1. The van der Waals surface area contributed by atoms with E-state index < -0.39 is 0 Å². The van der Waals surface area contributed by atoms with Crippen LogP contribution in [0.4, 0.5) is 0 Å². The van der Waals surface area contributed by atoms with Gasteiger partial charge in [0.15, 0.2) is 0 Å². The summed E-state index contributed by atoms with van der Waals surface area (Å²) in [5.74, 6) is 0. The van der Waals surface area contributed by atoms with Crippen molar-refractivity contribution in [2.24, 2.45) is 0 Å². The predicted octanol–water partition coefficient (Wildman–Crippen LogP) is 12.8. The molecule has 0 radical (unpaired) electrons. The molecule has 0 heteroatoms. The minimum absolute atomic E-state index is 1.21. The molecule has 8 aromatic rings. The molecule has 1 aliphatic rings. The number of hydrogen-bond acceptors (Lipinski definition) is 0. The number of hydrogen-bond donors (Lipinski definition) is 0. The quantitative estimate of drug-likeness (QED) is 0.189. The molecule has 0 bridgehead atoms. The molecule has 46 heavy (non-hydrogen) atoms. The second kappa shape index (κ2) is 10.9. The Morgan fingerprint density at radius 1 is 0.196 bits per heavy atom. The maximum atomic E-state index is 2.37. The Bertz CT molecular complexity index is 2380. The molecule has 0 aliphatic heterocycles. The van der Waals surface area contributed by atoms with Gasteiger partial charge in [-0.2, -0.15) is 0 Å². The summed E-state index contributed by atoms with van der Waals surface area (Å²) in [6.07, 6.45) is 0. The highest BCUT2D eigenvalue weighted by molar-refractivity contribution is 6.18. The van der Waals surface area contributed by atoms with Gasteiger partial charge in [0, 0.05) is 0 Å². The predicted molar refractivity (Wildman–Crippen MR) is 196 cm³/mol. The first-order valence-corrected chi connectivity index (χ1v) is 15.9. The van der Waals surface area contributed by atoms with Crippen molar-refractivity contribution in [2.75, 3.05) is 0 Å². The van der Waals surface area contributed by atoms with Crippen molar-refractivity contribution < 1.29 is 0 Å². The van der Waals surface area contributed by atoms with E-state index in [1.807, 2.05) is 0 Å². The monoisotopic (exact) mass is 582 g/mol. The highest BCUT2D eigenvalue weighted by Gasteiger charge is 2.22. The lowest BCUT2D eigenvalue weighted by molar-refractivity contribution is 1.55. The van der Waals surface area contributed by atoms with Gasteiger partial charge in [-0.05, 0) is 94.7 Å². The molecule has 0 fully saturated rings. The first kappa shape index (κ1) is 26.4. The van der Waals surface area contributed by atoms with Crippen molar-refractivity contribution in [3.05, 3.63) is 182 Å². The van der Waals surface area contributed by atoms with E-state index in [1.165, 1.54) is 88.7 Å². The van der Waals surface area contributed by atoms with Gasteiger partial charge >= 0.3 is 0 Å². The molecule has 0 unspecified atom stereocenters. The molecule has 0 saturated heterocycles. The molecule has 0 saturated carbocycles. The van der Waals surface area contributed by atoms with E-state index in [1.54, 1.807) is 0 Å². The lowest BCUT2D eigenvalue weighted by Gasteiger charge is -2.18. The zero-order valence-electron chi connectivity index (χ0n) is 25.3. The zero-order chi connectivity index (χ0) is 30.5. The molecular formula is C46H30. The molecule has 214 valence electrons. The third-order valence-corrected chi connectivity index (χ3v) is 9.48. The van der Waals surface area contributed by atoms with E-state index in [0.717, 1.165) is 0 Å². The third-order valence-electron chi connectivity index (χ3n) is 9.48. The minimum Gasteiger partial charge on any atom is -0.0622 e. The van der Waals surface area contributed by atoms with E-state index in [9.17, 15) is 0 Å². The molecule has 0 heterocycles. The highest BCUT2D eigenvalue weighted by Crippen LogP contribution is 2.49. The Balaban J connectivity index is 1.19. The Morgan fingerprint density at radius 2 is 0.543 bits per heavy atom. The molecule has 0 amide bonds. The Labute approximate surface area is 269 Å². The van der Waals surface area contributed by atoms with E-state index in [2.05, 4.69) is 182 Å². The van der Waals surface area contributed by atoms with Crippen LogP contribution >= 0.6 is 0 Å². The van der Waals surface area contributed by atoms with Gasteiger partial charge in [-0.25, -0.2) is 0 Å². The molecule has 0 nitrogen and oxygen atoms in total. The summed E-state index contributed by atoms with van der Waals surface area (Å²) < 4.78 is 0. The van der Waals surface area contributed by atoms with Crippen LogP contribution in [-0.4, -0.2) is 0 Å². The van der Waals surface area contributed by atoms with Crippen LogP contribution in [0.15, 0.2) is 182 Å². The van der Waals surface area contributed by atoms with Crippen molar-refractivity contribution in [1.29, 1.82) is 0 Å². The summed E-state index contributed by atoms with van der Waals surface area (Å²) in [6.45, 7) is 0. The van der Waals surface area contributed by atoms with Gasteiger partial charge < -0.3 is 0 Å². The largest absolute Gasteiger partial charge is 0.0622 e. The first-order chi connectivity index (χ1) is 22.8. The summed E-state index contributed by atoms with van der Waals surface area (Å²) in [5, 5.41) is 2.66. The topological polar surface area (TPSA) is 0 Å². The van der Waals surface area contributed by atoms with Gasteiger partial charge in [-0.15, -0.1) is 0 Å². The molecular weight excluding hydrogens is 553 g/mol. The second-order valence-corrected chi connectivity index (χ2v) is 12.0. The number of fused-ring (bicyclic) bond motifs is 3. The van der Waals surface area contributed by atoms with Crippen molar-refractivity contribution in [3.8, 4) is 77.9 Å². The maximum absolute atomic E-state index is 2.37. The minimum atomic E-state index is 1.21. The van der Waals surface area contributed by atoms with E-state index in [4.69, 9.17) is 0 Å². The van der Waals surface area contributed by atoms with Crippen molar-refractivity contribution >= 4 is 10.8 Å². The zero-order valence-corrected chi connectivity index (χ0v) is 25.3. The van der Waals surface area contributed by atoms with Gasteiger partial charge in [0.1, 0.15) is 0 Å². The van der Waals surface area contributed by atoms with Crippen molar-refractivity contribution in [1.82, 2.24) is 0 Å². The lowest BCUT2D eigenvalue weighted by Crippen LogP contribution is -1.91. The van der Waals surface area contributed by atoms with Crippen LogP contribution in [-0.2, 0) is 0 Å². The summed E-state index contributed by atoms with van der Waals surface area (Å²) in [5.41, 5.74) is 17.7. The van der Waals surface area contributed by atoms with Gasteiger partial charge in [0.05, 0.1) is 0 Å². The van der Waals surface area contributed by atoms with Crippen LogP contribution in [0.3, 0.4) is 0 Å². The normalized spacial score (nSPS) is 11.5. The highest BCUT2D eigenvalue weighted by atomic mass is 14.3. The summed E-state index contributed by atoms with van der Waals surface area (Å²) in [4.78, 5) is 0. The Morgan fingerprint density at radius 3 is 1.13 bits per heavy atom. The molecule has 0 atom stereocenters. The lowest BCUT2D eigenvalue weighted by atomic mass is 9.86. The summed E-state index contributed by atoms with van der Waals surface area (Å²) in [7, 11) is 0. The van der Waals surface area contributed by atoms with Gasteiger partial charge in [-0.3, -0.25) is 0 Å². The number of benzene rings is 8. The van der Waals surface area contributed by atoms with Gasteiger partial charge in [0.2, 0.25) is 0 Å². The molecule has 9 rings (SSSR count). The average molecular weight is 583 g/mol. The smallest absolute Gasteiger partial charge is 0.00201 e. The van der Waals surface area contributed by atoms with E-state index >= 15 is 0 Å². The second-order valence-electron chi connectivity index (χ2n) is 12.0. The Kier molecular flexibility index (Phi) is 6.25. The summed E-state index contributed by atoms with van der Waals surface area (Å²) in [6, 6.07) is 66.3. The molecule has 8 aromatic carbocycles. The van der Waals surface area contributed by atoms with E-state index in [0.29, 0.717) is 0 Å². The molecule has 0 aromatic heterocycles. The Hall–Kier alpha value is -5.98. The third kappa shape index (κ3) is 4.23. The maximum Gasteiger partial charge on any atom is -0.00201 e. The van der Waals surface area contributed by atoms with Crippen LogP contribution < -0.4 is 0 Å². The first-order valence-electron chi connectivity index (χ1n) is 15.9. The van der Waals surface area contributed by atoms with Crippen LogP contribution in [0, 0.1) is 0 Å².